The molecule has 4 heterocycles. The second-order valence-electron chi connectivity index (χ2n) is 11.5. The summed E-state index contributed by atoms with van der Waals surface area (Å²) >= 11 is 9.56. The molecule has 0 unspecified atom stereocenters. The fourth-order valence-electron chi connectivity index (χ4n) is 5.56. The summed E-state index contributed by atoms with van der Waals surface area (Å²) < 4.78 is 21.2. The highest BCUT2D eigenvalue weighted by Gasteiger charge is 2.50. The van der Waals surface area contributed by atoms with Gasteiger partial charge in [-0.15, -0.1) is 0 Å². The van der Waals surface area contributed by atoms with E-state index in [9.17, 15) is 14.4 Å². The van der Waals surface area contributed by atoms with Crippen molar-refractivity contribution in [3.63, 3.8) is 0 Å². The Morgan fingerprint density at radius 1 is 1.24 bits per heavy atom. The molecule has 3 aliphatic rings. The number of ether oxygens (including phenoxy) is 1. The summed E-state index contributed by atoms with van der Waals surface area (Å²) in [7, 11) is 3.70. The third-order valence-electron chi connectivity index (χ3n) is 7.13. The number of amides is 2. The van der Waals surface area contributed by atoms with Crippen molar-refractivity contribution < 1.29 is 23.5 Å². The van der Waals surface area contributed by atoms with Gasteiger partial charge in [-0.1, -0.05) is 11.6 Å². The first-order valence-electron chi connectivity index (χ1n) is 12.5. The average molecular weight is 611 g/mol. The Hall–Kier alpha value is -2.50. The molecule has 2 aromatic rings. The molecule has 38 heavy (non-hydrogen) atoms. The Morgan fingerprint density at radius 2 is 1.92 bits per heavy atom. The molecule has 0 bridgehead atoms. The minimum Gasteiger partial charge on any atom is -0.444 e. The molecule has 12 heteroatoms. The molecule has 1 aromatic carbocycles. The van der Waals surface area contributed by atoms with Gasteiger partial charge >= 0.3 is 6.09 Å². The summed E-state index contributed by atoms with van der Waals surface area (Å²) in [6.45, 7) is 8.18. The number of piperazine rings is 1. The van der Waals surface area contributed by atoms with Gasteiger partial charge in [-0.3, -0.25) is 9.59 Å². The summed E-state index contributed by atoms with van der Waals surface area (Å²) in [5.41, 5.74) is 0.309. The summed E-state index contributed by atoms with van der Waals surface area (Å²) in [4.78, 5) is 52.1. The van der Waals surface area contributed by atoms with Gasteiger partial charge in [0.15, 0.2) is 11.6 Å². The maximum atomic E-state index is 15.5. The van der Waals surface area contributed by atoms with Crippen molar-refractivity contribution in [3.8, 4) is 0 Å². The normalized spacial score (nSPS) is 23.2. The third kappa shape index (κ3) is 4.32. The number of pyridine rings is 1. The highest BCUT2D eigenvalue weighted by molar-refractivity contribution is 9.10. The van der Waals surface area contributed by atoms with Gasteiger partial charge in [0.25, 0.3) is 5.91 Å². The van der Waals surface area contributed by atoms with Crippen molar-refractivity contribution in [3.05, 3.63) is 27.1 Å². The molecule has 1 saturated heterocycles. The number of carbonyl (C=O) groups excluding carboxylic acids is 3. The lowest BCUT2D eigenvalue weighted by molar-refractivity contribution is -0.121. The van der Waals surface area contributed by atoms with Crippen molar-refractivity contribution in [2.24, 2.45) is 5.92 Å². The number of ketones is 1. The first-order chi connectivity index (χ1) is 17.7. The summed E-state index contributed by atoms with van der Waals surface area (Å²) in [6.07, 6.45) is -0.499. The zero-order chi connectivity index (χ0) is 27.8. The minimum absolute atomic E-state index is 0.00384. The van der Waals surface area contributed by atoms with Gasteiger partial charge in [0.2, 0.25) is 0 Å². The molecule has 0 aliphatic carbocycles. The van der Waals surface area contributed by atoms with Crippen LogP contribution >= 0.6 is 27.5 Å². The highest BCUT2D eigenvalue weighted by atomic mass is 79.9. The number of halogens is 3. The molecule has 3 aliphatic heterocycles. The summed E-state index contributed by atoms with van der Waals surface area (Å²) in [6, 6.07) is 0.540. The number of hydrogen-bond acceptors (Lipinski definition) is 7. The maximum Gasteiger partial charge on any atom is 0.410 e. The number of rotatable bonds is 2. The van der Waals surface area contributed by atoms with Crippen LogP contribution in [0.5, 0.6) is 0 Å². The predicted molar refractivity (Wildman–Crippen MR) is 147 cm³/mol. The van der Waals surface area contributed by atoms with E-state index in [1.54, 1.807) is 36.6 Å². The van der Waals surface area contributed by atoms with Gasteiger partial charge in [-0.2, -0.15) is 0 Å². The number of fused-ring (bicyclic) bond motifs is 4. The second kappa shape index (κ2) is 9.31. The van der Waals surface area contributed by atoms with Crippen molar-refractivity contribution >= 4 is 67.6 Å². The number of nitrogens with zero attached hydrogens (tertiary/aromatic N) is 5. The SMILES string of the molecule is C[C@@H]1CN2c3c4c(nc5c(F)c(Br)c(Cl)cc35)C(=O)[C@@H](CN(C)C)CN4C(=O)[C@H]2CN1C(=O)OC(C)(C)C. The van der Waals surface area contributed by atoms with E-state index in [-0.39, 0.29) is 58.1 Å². The van der Waals surface area contributed by atoms with Crippen LogP contribution in [0.15, 0.2) is 10.5 Å². The third-order valence-corrected chi connectivity index (χ3v) is 8.43. The molecule has 0 spiro atoms. The Labute approximate surface area is 233 Å². The summed E-state index contributed by atoms with van der Waals surface area (Å²) in [5.74, 6) is -1.67. The Balaban J connectivity index is 1.71. The van der Waals surface area contributed by atoms with Crippen molar-refractivity contribution in [1.29, 1.82) is 0 Å². The Kier molecular flexibility index (Phi) is 6.63. The molecule has 9 nitrogen and oxygen atoms in total. The molecule has 1 aromatic heterocycles. The molecular formula is C26H30BrClFN5O4. The van der Waals surface area contributed by atoms with Crippen molar-refractivity contribution in [1.82, 2.24) is 14.8 Å². The fraction of sp³-hybridized carbons (Fsp3) is 0.538. The number of anilines is 2. The summed E-state index contributed by atoms with van der Waals surface area (Å²) in [5, 5.41) is 0.565. The van der Waals surface area contributed by atoms with Crippen LogP contribution in [0.4, 0.5) is 20.6 Å². The first kappa shape index (κ1) is 27.1. The van der Waals surface area contributed by atoms with Gasteiger partial charge in [0.05, 0.1) is 33.3 Å². The second-order valence-corrected chi connectivity index (χ2v) is 12.7. The largest absolute Gasteiger partial charge is 0.444 e. The molecule has 2 amide bonds. The molecule has 0 radical (unpaired) electrons. The van der Waals surface area contributed by atoms with E-state index in [1.807, 2.05) is 30.8 Å². The van der Waals surface area contributed by atoms with Crippen LogP contribution < -0.4 is 9.80 Å². The number of carbonyl (C=O) groups is 3. The molecule has 0 N–H and O–H groups in total. The number of Topliss-reactive ketones (excluding diaryl/α,β-unsaturated/α-hetero) is 1. The number of hydrogen-bond donors (Lipinski definition) is 0. The van der Waals surface area contributed by atoms with E-state index in [4.69, 9.17) is 16.3 Å². The predicted octanol–water partition coefficient (Wildman–Crippen LogP) is 4.32. The van der Waals surface area contributed by atoms with Crippen molar-refractivity contribution in [2.75, 3.05) is 50.1 Å². The molecule has 5 rings (SSSR count). The zero-order valence-corrected chi connectivity index (χ0v) is 24.5. The van der Waals surface area contributed by atoms with Gasteiger partial charge in [-0.25, -0.2) is 14.2 Å². The van der Waals surface area contributed by atoms with E-state index in [2.05, 4.69) is 20.9 Å². The zero-order valence-electron chi connectivity index (χ0n) is 22.1. The van der Waals surface area contributed by atoms with Gasteiger partial charge in [-0.05, 0) is 63.8 Å². The van der Waals surface area contributed by atoms with Crippen LogP contribution in [0.1, 0.15) is 38.2 Å². The molecular weight excluding hydrogens is 581 g/mol. The van der Waals surface area contributed by atoms with Crippen LogP contribution in [0.2, 0.25) is 5.02 Å². The van der Waals surface area contributed by atoms with Crippen LogP contribution in [-0.4, -0.2) is 90.5 Å². The smallest absolute Gasteiger partial charge is 0.410 e. The number of benzene rings is 1. The standard InChI is InChI=1S/C26H30BrClFN5O4/c1-12-8-33-16(11-32(12)25(37)38-26(2,3)4)24(36)34-10-13(9-31(5)6)23(35)20-22(34)21(33)14-7-15(28)17(27)18(29)19(14)30-20/h7,12-13,16H,8-11H2,1-6H3/t12-,13+,16-/m1/s1. The van der Waals surface area contributed by atoms with Crippen LogP contribution in [0.25, 0.3) is 10.9 Å². The minimum atomic E-state index is -0.747. The quantitative estimate of drug-likeness (QED) is 0.468. The lowest BCUT2D eigenvalue weighted by Gasteiger charge is -2.52. The van der Waals surface area contributed by atoms with Gasteiger partial charge in [0, 0.05) is 31.1 Å². The van der Waals surface area contributed by atoms with E-state index in [1.165, 1.54) is 0 Å². The Morgan fingerprint density at radius 3 is 2.55 bits per heavy atom. The van der Waals surface area contributed by atoms with E-state index >= 15 is 4.39 Å². The maximum absolute atomic E-state index is 15.5. The van der Waals surface area contributed by atoms with E-state index in [0.29, 0.717) is 23.3 Å². The van der Waals surface area contributed by atoms with Crippen LogP contribution in [-0.2, 0) is 9.53 Å². The van der Waals surface area contributed by atoms with Crippen molar-refractivity contribution in [2.45, 2.75) is 45.4 Å². The van der Waals surface area contributed by atoms with E-state index < -0.39 is 29.5 Å². The molecule has 204 valence electrons. The monoisotopic (exact) mass is 609 g/mol. The lowest BCUT2D eigenvalue weighted by atomic mass is 9.88. The van der Waals surface area contributed by atoms with E-state index in [0.717, 1.165) is 0 Å². The Bertz CT molecular complexity index is 1380. The highest BCUT2D eigenvalue weighted by Crippen LogP contribution is 2.49. The fourth-order valence-corrected chi connectivity index (χ4v) is 6.05. The first-order valence-corrected chi connectivity index (χ1v) is 13.6. The average Bonchev–Trinajstić information content (AvgIpc) is 2.81. The van der Waals surface area contributed by atoms with Gasteiger partial charge in [0.1, 0.15) is 22.9 Å². The molecule has 0 saturated carbocycles. The number of aromatic nitrogens is 1. The topological polar surface area (TPSA) is 86.3 Å². The van der Waals surface area contributed by atoms with Gasteiger partial charge < -0.3 is 24.3 Å². The van der Waals surface area contributed by atoms with Crippen LogP contribution in [0, 0.1) is 11.7 Å². The molecule has 1 fully saturated rings. The molecule has 3 atom stereocenters. The lowest BCUT2D eigenvalue weighted by Crippen LogP contribution is -2.67. The van der Waals surface area contributed by atoms with Crippen LogP contribution in [0.3, 0.4) is 0 Å².